The van der Waals surface area contributed by atoms with Crippen LogP contribution in [0.3, 0.4) is 0 Å². The molecule has 0 aromatic carbocycles. The van der Waals surface area contributed by atoms with Crippen LogP contribution in [0.5, 0.6) is 0 Å². The van der Waals surface area contributed by atoms with Gasteiger partial charge in [0, 0.05) is 0 Å². The molecule has 0 aromatic rings. The van der Waals surface area contributed by atoms with Crippen molar-refractivity contribution in [3.63, 3.8) is 0 Å². The van der Waals surface area contributed by atoms with Crippen LogP contribution in [0.1, 0.15) is 34.1 Å². The van der Waals surface area contributed by atoms with E-state index in [0.29, 0.717) is 6.61 Å². The number of nitrogens with one attached hydrogen (secondary N) is 1. The number of ether oxygens (including phenoxy) is 1. The van der Waals surface area contributed by atoms with Gasteiger partial charge in [0.05, 0.1) is 12.6 Å². The van der Waals surface area contributed by atoms with Gasteiger partial charge in [-0.2, -0.15) is 5.48 Å². The van der Waals surface area contributed by atoms with Crippen LogP contribution < -0.4 is 5.48 Å². The summed E-state index contributed by atoms with van der Waals surface area (Å²) in [5.74, 6) is -2.37. The van der Waals surface area contributed by atoms with Crippen LogP contribution in [0.15, 0.2) is 0 Å². The second kappa shape index (κ2) is 5.12. The van der Waals surface area contributed by atoms with Crippen LogP contribution in [0.2, 0.25) is 0 Å². The van der Waals surface area contributed by atoms with E-state index in [9.17, 15) is 9.90 Å². The van der Waals surface area contributed by atoms with Crippen LogP contribution >= 0.6 is 0 Å². The van der Waals surface area contributed by atoms with Gasteiger partial charge >= 0.3 is 5.97 Å². The van der Waals surface area contributed by atoms with Gasteiger partial charge in [0.1, 0.15) is 5.92 Å². The fraction of sp³-hybridized carbons (Fsp3) is 0.909. The van der Waals surface area contributed by atoms with Gasteiger partial charge in [-0.1, -0.05) is 20.3 Å². The fourth-order valence-corrected chi connectivity index (χ4v) is 1.95. The Kier molecular flexibility index (Phi) is 4.29. The van der Waals surface area contributed by atoms with Gasteiger partial charge in [-0.25, -0.2) is 0 Å². The van der Waals surface area contributed by atoms with Gasteiger partial charge in [-0.05, 0) is 19.8 Å². The predicted octanol–water partition coefficient (Wildman–Crippen LogP) is 0.824. The van der Waals surface area contributed by atoms with E-state index in [1.165, 1.54) is 6.92 Å². The maximum atomic E-state index is 11.8. The number of rotatable bonds is 4. The van der Waals surface area contributed by atoms with Crippen LogP contribution in [-0.2, 0) is 14.4 Å². The maximum Gasteiger partial charge on any atom is 0.316 e. The van der Waals surface area contributed by atoms with Crippen molar-refractivity contribution in [1.29, 1.82) is 0 Å². The lowest BCUT2D eigenvalue weighted by atomic mass is 9.84. The van der Waals surface area contributed by atoms with Crippen molar-refractivity contribution < 1.29 is 19.5 Å². The maximum absolute atomic E-state index is 11.8. The summed E-state index contributed by atoms with van der Waals surface area (Å²) in [5.41, 5.74) is 2.74. The van der Waals surface area contributed by atoms with E-state index in [1.54, 1.807) is 6.92 Å². The summed E-state index contributed by atoms with van der Waals surface area (Å²) in [6.07, 6.45) is 0.896. The number of hydrogen-bond acceptors (Lipinski definition) is 5. The molecule has 0 aromatic heterocycles. The molecule has 0 radical (unpaired) electrons. The van der Waals surface area contributed by atoms with Crippen LogP contribution in [0.25, 0.3) is 0 Å². The Hall–Kier alpha value is -0.650. The Morgan fingerprint density at radius 2 is 2.25 bits per heavy atom. The van der Waals surface area contributed by atoms with Crippen LogP contribution in [0.4, 0.5) is 0 Å². The topological polar surface area (TPSA) is 67.8 Å². The molecular formula is C11H21NO4. The first-order chi connectivity index (χ1) is 7.44. The molecule has 1 heterocycles. The zero-order valence-electron chi connectivity index (χ0n) is 10.3. The van der Waals surface area contributed by atoms with E-state index >= 15 is 0 Å². The van der Waals surface area contributed by atoms with E-state index in [2.05, 4.69) is 5.48 Å². The Labute approximate surface area is 96.1 Å². The minimum absolute atomic E-state index is 0.209. The van der Waals surface area contributed by atoms with Gasteiger partial charge in [-0.15, -0.1) is 0 Å². The summed E-state index contributed by atoms with van der Waals surface area (Å²) >= 11 is 0. The van der Waals surface area contributed by atoms with E-state index in [0.717, 1.165) is 6.42 Å². The molecule has 2 unspecified atom stereocenters. The normalized spacial score (nSPS) is 36.1. The monoisotopic (exact) mass is 231 g/mol. The highest BCUT2D eigenvalue weighted by atomic mass is 16.8. The molecule has 5 heteroatoms. The lowest BCUT2D eigenvalue weighted by molar-refractivity contribution is -0.213. The van der Waals surface area contributed by atoms with Gasteiger partial charge in [0.2, 0.25) is 0 Å². The number of hydroxylamine groups is 1. The minimum atomic E-state index is -1.50. The molecule has 1 saturated heterocycles. The highest BCUT2D eigenvalue weighted by Gasteiger charge is 2.52. The van der Waals surface area contributed by atoms with Crippen molar-refractivity contribution in [2.45, 2.75) is 45.9 Å². The molecule has 1 aliphatic heterocycles. The molecule has 0 saturated carbocycles. The zero-order chi connectivity index (χ0) is 12.3. The Morgan fingerprint density at radius 1 is 1.62 bits per heavy atom. The molecule has 0 amide bonds. The first-order valence-electron chi connectivity index (χ1n) is 5.76. The molecule has 16 heavy (non-hydrogen) atoms. The molecule has 1 fully saturated rings. The summed E-state index contributed by atoms with van der Waals surface area (Å²) in [6, 6.07) is -0.209. The lowest BCUT2D eigenvalue weighted by Gasteiger charge is -2.26. The first kappa shape index (κ1) is 13.4. The van der Waals surface area contributed by atoms with Crippen molar-refractivity contribution in [2.75, 3.05) is 6.61 Å². The van der Waals surface area contributed by atoms with E-state index in [-0.39, 0.29) is 12.0 Å². The number of carbonyl (C=O) groups is 1. The molecule has 2 N–H and O–H groups in total. The van der Waals surface area contributed by atoms with Crippen LogP contribution in [-0.4, -0.2) is 29.5 Å². The van der Waals surface area contributed by atoms with E-state index in [1.807, 2.05) is 13.8 Å². The van der Waals surface area contributed by atoms with Gasteiger partial charge in [-0.3, -0.25) is 9.63 Å². The number of esters is 1. The summed E-state index contributed by atoms with van der Waals surface area (Å²) in [4.78, 5) is 16.9. The van der Waals surface area contributed by atoms with E-state index < -0.39 is 17.7 Å². The minimum Gasteiger partial charge on any atom is -0.466 e. The molecule has 0 spiro atoms. The molecule has 1 rings (SSSR count). The Balaban J connectivity index is 2.83. The third-order valence-electron chi connectivity index (χ3n) is 3.14. The Morgan fingerprint density at radius 3 is 2.75 bits per heavy atom. The molecule has 94 valence electrons. The zero-order valence-corrected chi connectivity index (χ0v) is 10.3. The summed E-state index contributed by atoms with van der Waals surface area (Å²) in [7, 11) is 0. The van der Waals surface area contributed by atoms with Crippen molar-refractivity contribution in [3.8, 4) is 0 Å². The molecule has 0 bridgehead atoms. The van der Waals surface area contributed by atoms with E-state index in [4.69, 9.17) is 9.57 Å². The number of carbonyl (C=O) groups excluding carboxylic acids is 1. The molecule has 1 aliphatic rings. The van der Waals surface area contributed by atoms with Gasteiger partial charge in [0.25, 0.3) is 0 Å². The summed E-state index contributed by atoms with van der Waals surface area (Å²) in [5, 5.41) is 9.98. The highest BCUT2D eigenvalue weighted by molar-refractivity contribution is 5.74. The van der Waals surface area contributed by atoms with Crippen molar-refractivity contribution in [2.24, 2.45) is 11.8 Å². The van der Waals surface area contributed by atoms with Crippen molar-refractivity contribution in [1.82, 2.24) is 5.48 Å². The third kappa shape index (κ3) is 2.53. The SMILES string of the molecule is CCOC(=O)[C@@H]1[C@@H](C(C)CC)NOC1(C)O. The van der Waals surface area contributed by atoms with Gasteiger partial charge < -0.3 is 9.84 Å². The van der Waals surface area contributed by atoms with Gasteiger partial charge in [0.15, 0.2) is 5.79 Å². The Bertz CT molecular complexity index is 254. The number of hydrogen-bond donors (Lipinski definition) is 2. The second-order valence-corrected chi connectivity index (χ2v) is 4.42. The lowest BCUT2D eigenvalue weighted by Crippen LogP contribution is -2.44. The van der Waals surface area contributed by atoms with Crippen molar-refractivity contribution >= 4 is 5.97 Å². The second-order valence-electron chi connectivity index (χ2n) is 4.42. The van der Waals surface area contributed by atoms with Crippen LogP contribution in [0, 0.1) is 11.8 Å². The summed E-state index contributed by atoms with van der Waals surface area (Å²) in [6.45, 7) is 7.56. The predicted molar refractivity (Wildman–Crippen MR) is 58.2 cm³/mol. The molecule has 5 nitrogen and oxygen atoms in total. The highest BCUT2D eigenvalue weighted by Crippen LogP contribution is 2.33. The largest absolute Gasteiger partial charge is 0.466 e. The first-order valence-corrected chi connectivity index (χ1v) is 5.76. The third-order valence-corrected chi connectivity index (χ3v) is 3.14. The summed E-state index contributed by atoms with van der Waals surface area (Å²) < 4.78 is 4.97. The quantitative estimate of drug-likeness (QED) is 0.701. The smallest absolute Gasteiger partial charge is 0.316 e. The average molecular weight is 231 g/mol. The van der Waals surface area contributed by atoms with Crippen molar-refractivity contribution in [3.05, 3.63) is 0 Å². The molecular weight excluding hydrogens is 210 g/mol. The average Bonchev–Trinajstić information content (AvgIpc) is 2.53. The molecule has 4 atom stereocenters. The fourth-order valence-electron chi connectivity index (χ4n) is 1.95. The number of aliphatic hydroxyl groups is 1. The standard InChI is InChI=1S/C11H21NO4/c1-5-7(3)9-8(10(13)15-6-2)11(4,14)16-12-9/h7-9,12,14H,5-6H2,1-4H3/t7?,8-,9+,11?/m0/s1. The molecule has 0 aliphatic carbocycles.